The van der Waals surface area contributed by atoms with Crippen LogP contribution in [0.25, 0.3) is 0 Å². The van der Waals surface area contributed by atoms with Gasteiger partial charge in [0.1, 0.15) is 5.75 Å². The molecule has 1 heterocycles. The van der Waals surface area contributed by atoms with E-state index in [1.807, 2.05) is 18.2 Å². The van der Waals surface area contributed by atoms with E-state index in [0.29, 0.717) is 44.1 Å². The van der Waals surface area contributed by atoms with Crippen LogP contribution in [0.3, 0.4) is 0 Å². The summed E-state index contributed by atoms with van der Waals surface area (Å²) < 4.78 is 5.73. The van der Waals surface area contributed by atoms with Crippen molar-refractivity contribution >= 4 is 40.6 Å². The first kappa shape index (κ1) is 21.6. The van der Waals surface area contributed by atoms with Gasteiger partial charge in [-0.05, 0) is 48.5 Å². The largest absolute Gasteiger partial charge is 0.439 e. The molecular formula is C25H16Cl2N2O3. The maximum absolute atomic E-state index is 12.5. The molecule has 4 aromatic rings. The number of hydrogen-bond donors (Lipinski definition) is 1. The van der Waals surface area contributed by atoms with E-state index in [-0.39, 0.29) is 11.7 Å². The van der Waals surface area contributed by atoms with Crippen LogP contribution in [-0.2, 0) is 0 Å². The third-order valence-corrected chi connectivity index (χ3v) is 5.29. The van der Waals surface area contributed by atoms with E-state index < -0.39 is 0 Å². The SMILES string of the molecule is O=C(Nc1ccc(Oc2ccc(C(=O)c3ccccc3)cc2)nc1)c1ccc(Cl)c(Cl)c1. The van der Waals surface area contributed by atoms with Gasteiger partial charge in [-0.3, -0.25) is 9.59 Å². The van der Waals surface area contributed by atoms with E-state index in [1.165, 1.54) is 12.3 Å². The average Bonchev–Trinajstić information content (AvgIpc) is 2.82. The average molecular weight is 463 g/mol. The molecule has 0 bridgehead atoms. The Morgan fingerprint density at radius 1 is 0.750 bits per heavy atom. The lowest BCUT2D eigenvalue weighted by molar-refractivity contribution is 0.102. The number of benzene rings is 3. The van der Waals surface area contributed by atoms with E-state index in [9.17, 15) is 9.59 Å². The summed E-state index contributed by atoms with van der Waals surface area (Å²) in [6.45, 7) is 0. The number of rotatable bonds is 6. The van der Waals surface area contributed by atoms with Gasteiger partial charge >= 0.3 is 0 Å². The number of amides is 1. The molecule has 32 heavy (non-hydrogen) atoms. The molecule has 7 heteroatoms. The molecule has 0 saturated heterocycles. The van der Waals surface area contributed by atoms with Crippen LogP contribution in [0.4, 0.5) is 5.69 Å². The second-order valence-corrected chi connectivity index (χ2v) is 7.60. The van der Waals surface area contributed by atoms with Gasteiger partial charge in [0.15, 0.2) is 5.78 Å². The summed E-state index contributed by atoms with van der Waals surface area (Å²) >= 11 is 11.8. The predicted molar refractivity (Wildman–Crippen MR) is 125 cm³/mol. The minimum absolute atomic E-state index is 0.0580. The Kier molecular flexibility index (Phi) is 6.50. The zero-order valence-corrected chi connectivity index (χ0v) is 18.1. The van der Waals surface area contributed by atoms with Crippen LogP contribution in [0.1, 0.15) is 26.3 Å². The summed E-state index contributed by atoms with van der Waals surface area (Å²) in [6, 6.07) is 23.8. The fraction of sp³-hybridized carbons (Fsp3) is 0. The maximum atomic E-state index is 12.5. The van der Waals surface area contributed by atoms with Crippen molar-refractivity contribution in [2.45, 2.75) is 0 Å². The van der Waals surface area contributed by atoms with Crippen molar-refractivity contribution in [3.05, 3.63) is 118 Å². The molecule has 0 saturated carbocycles. The molecule has 0 atom stereocenters. The summed E-state index contributed by atoms with van der Waals surface area (Å²) in [5, 5.41) is 3.42. The van der Waals surface area contributed by atoms with Crippen LogP contribution >= 0.6 is 23.2 Å². The number of nitrogens with zero attached hydrogens (tertiary/aromatic N) is 1. The molecule has 1 N–H and O–H groups in total. The summed E-state index contributed by atoms with van der Waals surface area (Å²) in [7, 11) is 0. The number of nitrogens with one attached hydrogen (secondary N) is 1. The summed E-state index contributed by atoms with van der Waals surface area (Å²) in [5.41, 5.74) is 2.07. The molecule has 0 aliphatic heterocycles. The molecule has 0 unspecified atom stereocenters. The first-order valence-corrected chi connectivity index (χ1v) is 10.4. The molecule has 3 aromatic carbocycles. The van der Waals surface area contributed by atoms with E-state index in [4.69, 9.17) is 27.9 Å². The van der Waals surface area contributed by atoms with E-state index in [2.05, 4.69) is 10.3 Å². The third-order valence-electron chi connectivity index (χ3n) is 4.55. The Morgan fingerprint density at radius 3 is 2.09 bits per heavy atom. The number of carbonyl (C=O) groups excluding carboxylic acids is 2. The fourth-order valence-corrected chi connectivity index (χ4v) is 3.20. The fourth-order valence-electron chi connectivity index (χ4n) is 2.91. The highest BCUT2D eigenvalue weighted by Crippen LogP contribution is 2.24. The van der Waals surface area contributed by atoms with E-state index in [1.54, 1.807) is 60.7 Å². The molecular weight excluding hydrogens is 447 g/mol. The maximum Gasteiger partial charge on any atom is 0.255 e. The number of carbonyl (C=O) groups is 2. The third kappa shape index (κ3) is 5.14. The minimum atomic E-state index is -0.335. The van der Waals surface area contributed by atoms with Crippen LogP contribution in [-0.4, -0.2) is 16.7 Å². The topological polar surface area (TPSA) is 68.3 Å². The molecule has 0 spiro atoms. The highest BCUT2D eigenvalue weighted by Gasteiger charge is 2.10. The van der Waals surface area contributed by atoms with E-state index >= 15 is 0 Å². The van der Waals surface area contributed by atoms with Gasteiger partial charge in [-0.1, -0.05) is 53.5 Å². The highest BCUT2D eigenvalue weighted by molar-refractivity contribution is 6.42. The first-order valence-electron chi connectivity index (χ1n) is 9.60. The number of aromatic nitrogens is 1. The zero-order valence-electron chi connectivity index (χ0n) is 16.6. The number of pyridine rings is 1. The van der Waals surface area contributed by atoms with Crippen molar-refractivity contribution in [3.8, 4) is 11.6 Å². The van der Waals surface area contributed by atoms with Crippen molar-refractivity contribution in [2.75, 3.05) is 5.32 Å². The van der Waals surface area contributed by atoms with Gasteiger partial charge < -0.3 is 10.1 Å². The number of halogens is 2. The van der Waals surface area contributed by atoms with Crippen molar-refractivity contribution < 1.29 is 14.3 Å². The molecule has 0 fully saturated rings. The van der Waals surface area contributed by atoms with Crippen molar-refractivity contribution in [1.29, 1.82) is 0 Å². The van der Waals surface area contributed by atoms with Crippen molar-refractivity contribution in [2.24, 2.45) is 0 Å². The molecule has 4 rings (SSSR count). The van der Waals surface area contributed by atoms with Crippen molar-refractivity contribution in [3.63, 3.8) is 0 Å². The molecule has 1 aromatic heterocycles. The first-order chi connectivity index (χ1) is 15.5. The number of ketones is 1. The Hall–Kier alpha value is -3.67. The monoisotopic (exact) mass is 462 g/mol. The number of ether oxygens (including phenoxy) is 1. The Balaban J connectivity index is 1.38. The van der Waals surface area contributed by atoms with Gasteiger partial charge in [-0.15, -0.1) is 0 Å². The quantitative estimate of drug-likeness (QED) is 0.325. The lowest BCUT2D eigenvalue weighted by atomic mass is 10.0. The van der Waals surface area contributed by atoms with Crippen LogP contribution < -0.4 is 10.1 Å². The van der Waals surface area contributed by atoms with Crippen molar-refractivity contribution in [1.82, 2.24) is 4.98 Å². The van der Waals surface area contributed by atoms with Crippen LogP contribution in [0, 0.1) is 0 Å². The van der Waals surface area contributed by atoms with Crippen LogP contribution in [0.5, 0.6) is 11.6 Å². The smallest absolute Gasteiger partial charge is 0.255 e. The summed E-state index contributed by atoms with van der Waals surface area (Å²) in [5.74, 6) is 0.490. The van der Waals surface area contributed by atoms with Gasteiger partial charge in [-0.25, -0.2) is 4.98 Å². The van der Waals surface area contributed by atoms with Gasteiger partial charge in [0.05, 0.1) is 21.9 Å². The van der Waals surface area contributed by atoms with Crippen LogP contribution in [0.15, 0.2) is 91.1 Å². The standard InChI is InChI=1S/C25H16Cl2N2O3/c26-21-12-8-18(14-22(21)27)25(31)29-19-9-13-23(28-15-19)32-20-10-6-17(7-11-20)24(30)16-4-2-1-3-5-16/h1-15H,(H,29,31). The predicted octanol–water partition coefficient (Wildman–Crippen LogP) is 6.66. The molecule has 5 nitrogen and oxygen atoms in total. The number of hydrogen-bond acceptors (Lipinski definition) is 4. The molecule has 1 amide bonds. The Labute approximate surface area is 194 Å². The summed E-state index contributed by atoms with van der Waals surface area (Å²) in [4.78, 5) is 29.0. The van der Waals surface area contributed by atoms with Gasteiger partial charge in [0, 0.05) is 22.8 Å². The second-order valence-electron chi connectivity index (χ2n) is 6.79. The Bertz CT molecular complexity index is 1260. The number of anilines is 1. The highest BCUT2D eigenvalue weighted by atomic mass is 35.5. The Morgan fingerprint density at radius 2 is 1.44 bits per heavy atom. The van der Waals surface area contributed by atoms with Crippen LogP contribution in [0.2, 0.25) is 10.0 Å². The van der Waals surface area contributed by atoms with E-state index in [0.717, 1.165) is 0 Å². The molecule has 158 valence electrons. The zero-order chi connectivity index (χ0) is 22.5. The summed E-state index contributed by atoms with van der Waals surface area (Å²) in [6.07, 6.45) is 1.48. The van der Waals surface area contributed by atoms with Gasteiger partial charge in [-0.2, -0.15) is 0 Å². The lowest BCUT2D eigenvalue weighted by Crippen LogP contribution is -2.12. The minimum Gasteiger partial charge on any atom is -0.439 e. The van der Waals surface area contributed by atoms with Gasteiger partial charge in [0.2, 0.25) is 5.88 Å². The molecule has 0 radical (unpaired) electrons. The molecule has 0 aliphatic rings. The second kappa shape index (κ2) is 9.64. The van der Waals surface area contributed by atoms with Gasteiger partial charge in [0.25, 0.3) is 5.91 Å². The normalized spacial score (nSPS) is 10.4. The molecule has 0 aliphatic carbocycles. The lowest BCUT2D eigenvalue weighted by Gasteiger charge is -2.08.